The molecule has 1 N–H and O–H groups in total. The molecule has 2 aromatic rings. The molecule has 8 heteroatoms. The minimum atomic E-state index is -4.08. The molecule has 7 nitrogen and oxygen atoms in total. The van der Waals surface area contributed by atoms with E-state index in [1.165, 1.54) is 26.4 Å². The van der Waals surface area contributed by atoms with Crippen LogP contribution in [0, 0.1) is 6.92 Å². The van der Waals surface area contributed by atoms with Crippen LogP contribution in [0.1, 0.15) is 5.56 Å². The predicted octanol–water partition coefficient (Wildman–Crippen LogP) is 2.51. The number of amides is 1. The van der Waals surface area contributed by atoms with Crippen molar-refractivity contribution >= 4 is 21.6 Å². The summed E-state index contributed by atoms with van der Waals surface area (Å²) in [6, 6.07) is 11.3. The van der Waals surface area contributed by atoms with Gasteiger partial charge < -0.3 is 14.8 Å². The van der Waals surface area contributed by atoms with E-state index in [-0.39, 0.29) is 23.7 Å². The fraction of sp³-hybridized carbons (Fsp3) is 0.250. The van der Waals surface area contributed by atoms with E-state index in [2.05, 4.69) is 11.9 Å². The first-order chi connectivity index (χ1) is 13.3. The van der Waals surface area contributed by atoms with E-state index in [0.29, 0.717) is 11.4 Å². The van der Waals surface area contributed by atoms with E-state index in [0.717, 1.165) is 9.87 Å². The number of methoxy groups -OCH3 is 2. The van der Waals surface area contributed by atoms with Gasteiger partial charge in [-0.1, -0.05) is 12.1 Å². The van der Waals surface area contributed by atoms with E-state index in [1.807, 2.05) is 0 Å². The van der Waals surface area contributed by atoms with Crippen LogP contribution in [0.25, 0.3) is 0 Å². The van der Waals surface area contributed by atoms with E-state index in [4.69, 9.17) is 9.47 Å². The monoisotopic (exact) mass is 404 g/mol. The number of sulfonamides is 1. The number of anilines is 1. The number of carbonyl (C=O) groups is 1. The maximum absolute atomic E-state index is 13.4. The summed E-state index contributed by atoms with van der Waals surface area (Å²) in [5.41, 5.74) is 1.09. The zero-order valence-electron chi connectivity index (χ0n) is 16.1. The zero-order chi connectivity index (χ0) is 20.7. The molecule has 2 rings (SSSR count). The number of ether oxygens (including phenoxy) is 2. The quantitative estimate of drug-likeness (QED) is 0.649. The highest BCUT2D eigenvalue weighted by atomic mass is 32.2. The number of nitrogens with one attached hydrogen (secondary N) is 1. The molecule has 0 radical (unpaired) electrons. The number of hydrogen-bond acceptors (Lipinski definition) is 5. The number of hydrogen-bond donors (Lipinski definition) is 1. The Morgan fingerprint density at radius 2 is 1.82 bits per heavy atom. The van der Waals surface area contributed by atoms with E-state index >= 15 is 0 Å². The van der Waals surface area contributed by atoms with Crippen LogP contribution in [0.15, 0.2) is 60.0 Å². The van der Waals surface area contributed by atoms with Gasteiger partial charge in [-0.3, -0.25) is 9.10 Å². The summed E-state index contributed by atoms with van der Waals surface area (Å²) in [5.74, 6) is 0.326. The average Bonchev–Trinajstić information content (AvgIpc) is 2.70. The summed E-state index contributed by atoms with van der Waals surface area (Å²) in [5, 5.41) is 2.60. The SMILES string of the molecule is C=CCNC(=O)CN(c1ccc(OC)cc1)S(=O)(=O)c1cc(C)ccc1OC. The van der Waals surface area contributed by atoms with Crippen molar-refractivity contribution in [3.63, 3.8) is 0 Å². The van der Waals surface area contributed by atoms with Crippen molar-refractivity contribution in [2.75, 3.05) is 31.6 Å². The molecule has 0 aromatic heterocycles. The Bertz CT molecular complexity index is 940. The lowest BCUT2D eigenvalue weighted by Crippen LogP contribution is -2.41. The fourth-order valence-corrected chi connectivity index (χ4v) is 4.20. The molecule has 0 atom stereocenters. The van der Waals surface area contributed by atoms with E-state index in [1.54, 1.807) is 43.3 Å². The molecule has 0 aliphatic carbocycles. The Morgan fingerprint density at radius 1 is 1.14 bits per heavy atom. The van der Waals surface area contributed by atoms with Gasteiger partial charge >= 0.3 is 0 Å². The van der Waals surface area contributed by atoms with Crippen molar-refractivity contribution in [1.29, 1.82) is 0 Å². The highest BCUT2D eigenvalue weighted by Crippen LogP contribution is 2.31. The molecule has 0 heterocycles. The fourth-order valence-electron chi connectivity index (χ4n) is 2.54. The van der Waals surface area contributed by atoms with Crippen LogP contribution in [0.3, 0.4) is 0 Å². The molecule has 150 valence electrons. The van der Waals surface area contributed by atoms with Gasteiger partial charge in [0.1, 0.15) is 22.9 Å². The predicted molar refractivity (Wildman–Crippen MR) is 108 cm³/mol. The molecule has 0 bridgehead atoms. The Hall–Kier alpha value is -3.00. The maximum Gasteiger partial charge on any atom is 0.268 e. The average molecular weight is 404 g/mol. The van der Waals surface area contributed by atoms with Crippen LogP contribution in [0.4, 0.5) is 5.69 Å². The Kier molecular flexibility index (Phi) is 7.06. The van der Waals surface area contributed by atoms with Gasteiger partial charge in [0.2, 0.25) is 5.91 Å². The van der Waals surface area contributed by atoms with Gasteiger partial charge in [-0.25, -0.2) is 8.42 Å². The van der Waals surface area contributed by atoms with Gasteiger partial charge in [0.15, 0.2) is 0 Å². The molecule has 1 amide bonds. The molecular weight excluding hydrogens is 380 g/mol. The number of rotatable bonds is 9. The van der Waals surface area contributed by atoms with E-state index < -0.39 is 15.9 Å². The highest BCUT2D eigenvalue weighted by Gasteiger charge is 2.30. The molecule has 0 aliphatic rings. The van der Waals surface area contributed by atoms with Gasteiger partial charge in [-0.15, -0.1) is 6.58 Å². The molecule has 0 unspecified atom stereocenters. The second-order valence-electron chi connectivity index (χ2n) is 5.96. The first-order valence-electron chi connectivity index (χ1n) is 8.52. The number of aryl methyl sites for hydroxylation is 1. The van der Waals surface area contributed by atoms with Gasteiger partial charge in [-0.2, -0.15) is 0 Å². The van der Waals surface area contributed by atoms with Gasteiger partial charge in [0.05, 0.1) is 19.9 Å². The Labute approximate surface area is 165 Å². The summed E-state index contributed by atoms with van der Waals surface area (Å²) in [6.45, 7) is 5.18. The molecule has 0 spiro atoms. The lowest BCUT2D eigenvalue weighted by molar-refractivity contribution is -0.119. The van der Waals surface area contributed by atoms with Gasteiger partial charge in [-0.05, 0) is 48.9 Å². The summed E-state index contributed by atoms with van der Waals surface area (Å²) in [7, 11) is -1.16. The number of carbonyl (C=O) groups excluding carboxylic acids is 1. The van der Waals surface area contributed by atoms with Gasteiger partial charge in [0.25, 0.3) is 10.0 Å². The lowest BCUT2D eigenvalue weighted by Gasteiger charge is -2.25. The summed E-state index contributed by atoms with van der Waals surface area (Å²) in [4.78, 5) is 12.3. The van der Waals surface area contributed by atoms with Crippen molar-refractivity contribution in [2.24, 2.45) is 0 Å². The molecule has 0 saturated carbocycles. The Morgan fingerprint density at radius 3 is 2.39 bits per heavy atom. The first kappa shape index (κ1) is 21.3. The van der Waals surface area contributed by atoms with Gasteiger partial charge in [0, 0.05) is 6.54 Å². The summed E-state index contributed by atoms with van der Waals surface area (Å²) < 4.78 is 38.3. The second kappa shape index (κ2) is 9.27. The standard InChI is InChI=1S/C20H24N2O5S/c1-5-12-21-20(23)14-22(16-7-9-17(26-3)10-8-16)28(24,25)19-13-15(2)6-11-18(19)27-4/h5-11,13H,1,12,14H2,2-4H3,(H,21,23). The van der Waals surface area contributed by atoms with Crippen LogP contribution in [0.5, 0.6) is 11.5 Å². The van der Waals surface area contributed by atoms with Crippen LogP contribution in [0.2, 0.25) is 0 Å². The minimum Gasteiger partial charge on any atom is -0.497 e. The summed E-state index contributed by atoms with van der Waals surface area (Å²) in [6.07, 6.45) is 1.52. The first-order valence-corrected chi connectivity index (χ1v) is 9.96. The highest BCUT2D eigenvalue weighted by molar-refractivity contribution is 7.93. The van der Waals surface area contributed by atoms with Crippen molar-refractivity contribution in [1.82, 2.24) is 5.32 Å². The molecule has 0 aliphatic heterocycles. The lowest BCUT2D eigenvalue weighted by atomic mass is 10.2. The second-order valence-corrected chi connectivity index (χ2v) is 7.79. The van der Waals surface area contributed by atoms with Crippen molar-refractivity contribution in [2.45, 2.75) is 11.8 Å². The van der Waals surface area contributed by atoms with Crippen molar-refractivity contribution in [3.05, 3.63) is 60.7 Å². The normalized spacial score (nSPS) is 10.8. The van der Waals surface area contributed by atoms with Crippen LogP contribution < -0.4 is 19.1 Å². The Balaban J connectivity index is 2.54. The van der Waals surface area contributed by atoms with E-state index in [9.17, 15) is 13.2 Å². The number of benzene rings is 2. The third-order valence-corrected chi connectivity index (χ3v) is 5.77. The van der Waals surface area contributed by atoms with Crippen LogP contribution in [-0.4, -0.2) is 41.6 Å². The topological polar surface area (TPSA) is 84.9 Å². The largest absolute Gasteiger partial charge is 0.497 e. The smallest absolute Gasteiger partial charge is 0.268 e. The third-order valence-electron chi connectivity index (χ3n) is 3.98. The molecule has 28 heavy (non-hydrogen) atoms. The van der Waals surface area contributed by atoms with Crippen molar-refractivity contribution in [3.8, 4) is 11.5 Å². The minimum absolute atomic E-state index is 0.0117. The molecule has 2 aromatic carbocycles. The molecular formula is C20H24N2O5S. The molecule has 0 fully saturated rings. The van der Waals surface area contributed by atoms with Crippen LogP contribution >= 0.6 is 0 Å². The summed E-state index contributed by atoms with van der Waals surface area (Å²) >= 11 is 0. The molecule has 0 saturated heterocycles. The third kappa shape index (κ3) is 4.83. The van der Waals surface area contributed by atoms with Crippen molar-refractivity contribution < 1.29 is 22.7 Å². The van der Waals surface area contributed by atoms with Crippen LogP contribution in [-0.2, 0) is 14.8 Å². The zero-order valence-corrected chi connectivity index (χ0v) is 17.0. The maximum atomic E-state index is 13.4. The number of nitrogens with zero attached hydrogens (tertiary/aromatic N) is 1.